The molecule has 2 amide bonds. The Balaban J connectivity index is 1.41. The van der Waals surface area contributed by atoms with Crippen molar-refractivity contribution in [1.29, 1.82) is 0 Å². The van der Waals surface area contributed by atoms with Crippen LogP contribution in [0.25, 0.3) is 16.9 Å². The minimum atomic E-state index is -3.24. The van der Waals surface area contributed by atoms with Gasteiger partial charge in [-0.05, 0) is 42.5 Å². The monoisotopic (exact) mass is 765 g/mol. The number of aliphatic carboxylic acids is 1. The van der Waals surface area contributed by atoms with Crippen LogP contribution in [0.4, 0.5) is 14.5 Å². The highest BCUT2D eigenvalue weighted by molar-refractivity contribution is 6.40. The molecule has 0 bridgehead atoms. The van der Waals surface area contributed by atoms with E-state index in [1.165, 1.54) is 24.4 Å². The number of amides is 2. The molecular formula is C33H31Cl2F2N5O10. The highest BCUT2D eigenvalue weighted by Gasteiger charge is 2.57. The predicted octanol–water partition coefficient (Wildman–Crippen LogP) is 2.96. The number of nitrogens with one attached hydrogen (secondary N) is 2. The van der Waals surface area contributed by atoms with Crippen LogP contribution in [0.5, 0.6) is 5.75 Å². The van der Waals surface area contributed by atoms with Gasteiger partial charge in [0.05, 0.1) is 58.2 Å². The molecule has 276 valence electrons. The van der Waals surface area contributed by atoms with Crippen molar-refractivity contribution >= 4 is 46.7 Å². The summed E-state index contributed by atoms with van der Waals surface area (Å²) in [5, 5.41) is 64.5. The van der Waals surface area contributed by atoms with Crippen LogP contribution >= 0.6 is 23.2 Å². The number of aromatic nitrogens is 3. The van der Waals surface area contributed by atoms with E-state index in [2.05, 4.69) is 20.9 Å². The maximum absolute atomic E-state index is 14.5. The van der Waals surface area contributed by atoms with E-state index in [1.807, 2.05) is 0 Å². The van der Waals surface area contributed by atoms with Crippen molar-refractivity contribution < 1.29 is 58.2 Å². The van der Waals surface area contributed by atoms with Crippen LogP contribution in [0.2, 0.25) is 10.0 Å². The van der Waals surface area contributed by atoms with E-state index in [0.717, 1.165) is 23.7 Å². The fourth-order valence-electron chi connectivity index (χ4n) is 5.54. The van der Waals surface area contributed by atoms with E-state index in [1.54, 1.807) is 30.3 Å². The van der Waals surface area contributed by atoms with Gasteiger partial charge in [-0.15, -0.1) is 5.10 Å². The summed E-state index contributed by atoms with van der Waals surface area (Å²) in [4.78, 5) is 37.2. The summed E-state index contributed by atoms with van der Waals surface area (Å²) in [7, 11) is 0. The van der Waals surface area contributed by atoms with Crippen molar-refractivity contribution in [3.05, 3.63) is 88.0 Å². The molecule has 1 fully saturated rings. The smallest absolute Gasteiger partial charge is 0.377 e. The second-order valence-electron chi connectivity index (χ2n) is 11.7. The number of nitrogens with zero attached hydrogens (tertiary/aromatic N) is 3. The number of alkyl halides is 2. The Morgan fingerprint density at radius 1 is 1.10 bits per heavy atom. The first-order chi connectivity index (χ1) is 24.6. The molecule has 0 aliphatic carbocycles. The fourth-order valence-corrected chi connectivity index (χ4v) is 6.11. The van der Waals surface area contributed by atoms with E-state index in [0.29, 0.717) is 11.3 Å². The number of carbonyl (C=O) groups excluding carboxylic acids is 2. The maximum Gasteiger partial charge on any atom is 0.377 e. The lowest BCUT2D eigenvalue weighted by atomic mass is 9.88. The number of aliphatic hydroxyl groups excluding tert-OH is 4. The molecule has 0 radical (unpaired) electrons. The Bertz CT molecular complexity index is 1950. The molecule has 19 heteroatoms. The summed E-state index contributed by atoms with van der Waals surface area (Å²) in [6, 6.07) is 12.9. The fraction of sp³-hybridized carbons (Fsp3) is 0.303. The van der Waals surface area contributed by atoms with Crippen LogP contribution in [0.15, 0.2) is 66.9 Å². The predicted molar refractivity (Wildman–Crippen MR) is 179 cm³/mol. The lowest BCUT2D eigenvalue weighted by molar-refractivity contribution is -0.284. The second-order valence-corrected chi connectivity index (χ2v) is 12.5. The third kappa shape index (κ3) is 8.15. The third-order valence-corrected chi connectivity index (χ3v) is 8.68. The number of anilines is 1. The van der Waals surface area contributed by atoms with E-state index < -0.39 is 84.8 Å². The molecule has 2 heterocycles. The summed E-state index contributed by atoms with van der Waals surface area (Å²) in [6.07, 6.45) is -10.4. The molecule has 0 saturated carbocycles. The highest BCUT2D eigenvalue weighted by atomic mass is 35.5. The van der Waals surface area contributed by atoms with Gasteiger partial charge in [0.1, 0.15) is 29.8 Å². The van der Waals surface area contributed by atoms with Crippen molar-refractivity contribution in [1.82, 2.24) is 20.3 Å². The summed E-state index contributed by atoms with van der Waals surface area (Å²) in [5.41, 5.74) is 0.452. The first-order valence-electron chi connectivity index (χ1n) is 15.4. The second kappa shape index (κ2) is 15.9. The van der Waals surface area contributed by atoms with Gasteiger partial charge in [0.2, 0.25) is 5.91 Å². The number of benzene rings is 3. The van der Waals surface area contributed by atoms with E-state index in [-0.39, 0.29) is 27.0 Å². The molecule has 0 spiro atoms. The average molecular weight is 767 g/mol. The van der Waals surface area contributed by atoms with Crippen molar-refractivity contribution in [3.8, 4) is 22.7 Å². The van der Waals surface area contributed by atoms with Gasteiger partial charge in [0, 0.05) is 18.2 Å². The van der Waals surface area contributed by atoms with Gasteiger partial charge in [0.25, 0.3) is 12.3 Å². The van der Waals surface area contributed by atoms with E-state index in [4.69, 9.17) is 32.7 Å². The van der Waals surface area contributed by atoms with Gasteiger partial charge < -0.3 is 45.6 Å². The molecule has 1 aliphatic rings. The molecule has 1 aliphatic heterocycles. The molecule has 4 aromatic rings. The number of carboxylic acids is 1. The quantitative estimate of drug-likeness (QED) is 0.111. The number of rotatable bonds is 12. The minimum absolute atomic E-state index is 0.0540. The Morgan fingerprint density at radius 2 is 1.79 bits per heavy atom. The largest absolute Gasteiger partial charge is 0.476 e. The van der Waals surface area contributed by atoms with Crippen molar-refractivity contribution in [3.63, 3.8) is 0 Å². The SMILES string of the molecule is CC(=O)N[C@H]1[C@H]([C@H](O)[C@H](O)CO)O[C@@](Oc2ccc(-n3cc(-c4cccc(NC(=O)c5c(Cl)cccc5Cl)c4)nn3)cc2C(F)F)(C(=O)O)C[C@@H]1O. The van der Waals surface area contributed by atoms with E-state index in [9.17, 15) is 48.7 Å². The van der Waals surface area contributed by atoms with Gasteiger partial charge in [-0.2, -0.15) is 0 Å². The van der Waals surface area contributed by atoms with Gasteiger partial charge in [-0.25, -0.2) is 18.3 Å². The molecule has 1 aromatic heterocycles. The van der Waals surface area contributed by atoms with Crippen LogP contribution in [0, 0.1) is 0 Å². The molecular weight excluding hydrogens is 735 g/mol. The van der Waals surface area contributed by atoms with Gasteiger partial charge >= 0.3 is 11.8 Å². The first kappa shape index (κ1) is 38.5. The molecule has 5 rings (SSSR count). The molecule has 6 atom stereocenters. The standard InChI is InChI=1S/C33H31Cl2F2N5O10/c1-15(44)38-27-23(45)12-33(32(49)50,52-29(27)28(47)24(46)14-43)51-25-9-8-18(11-19(25)30(36)37)42-13-22(40-41-42)16-4-2-5-17(10-16)39-31(48)26-20(34)6-3-7-21(26)35/h2-11,13,23-24,27-30,43,45-47H,12,14H2,1H3,(H,38,44)(H,39,48)(H,49,50)/t23-,24+,27+,28+,29+,33+/m0/s1. The van der Waals surface area contributed by atoms with Crippen LogP contribution in [-0.4, -0.2) is 101 Å². The highest BCUT2D eigenvalue weighted by Crippen LogP contribution is 2.39. The molecule has 1 saturated heterocycles. The van der Waals surface area contributed by atoms with Crippen molar-refractivity contribution in [2.75, 3.05) is 11.9 Å². The zero-order valence-corrected chi connectivity index (χ0v) is 28.4. The van der Waals surface area contributed by atoms with Crippen LogP contribution in [0.1, 0.15) is 35.7 Å². The summed E-state index contributed by atoms with van der Waals surface area (Å²) >= 11 is 12.3. The Morgan fingerprint density at radius 3 is 2.42 bits per heavy atom. The zero-order valence-electron chi connectivity index (χ0n) is 26.9. The Hall–Kier alpha value is -4.75. The first-order valence-corrected chi connectivity index (χ1v) is 16.1. The molecule has 3 aromatic carbocycles. The maximum atomic E-state index is 14.5. The van der Waals surface area contributed by atoms with Crippen molar-refractivity contribution in [2.24, 2.45) is 0 Å². The lowest BCUT2D eigenvalue weighted by Crippen LogP contribution is -2.68. The number of halogens is 4. The summed E-state index contributed by atoms with van der Waals surface area (Å²) in [5.74, 6) is -6.74. The number of hydrogen-bond donors (Lipinski definition) is 7. The number of hydrogen-bond acceptors (Lipinski definition) is 11. The number of carboxylic acid groups (broad SMARTS) is 1. The number of aliphatic hydroxyl groups is 4. The summed E-state index contributed by atoms with van der Waals surface area (Å²) in [6.45, 7) is 0.0620. The normalized spacial score (nSPS) is 21.3. The third-order valence-electron chi connectivity index (χ3n) is 8.05. The summed E-state index contributed by atoms with van der Waals surface area (Å²) < 4.78 is 41.2. The number of carbonyl (C=O) groups is 3. The average Bonchev–Trinajstić information content (AvgIpc) is 3.59. The zero-order chi connectivity index (χ0) is 37.9. The molecule has 15 nitrogen and oxygen atoms in total. The van der Waals surface area contributed by atoms with E-state index >= 15 is 0 Å². The van der Waals surface area contributed by atoms with Gasteiger partial charge in [0.15, 0.2) is 0 Å². The molecule has 7 N–H and O–H groups in total. The Labute approximate surface area is 303 Å². The molecule has 52 heavy (non-hydrogen) atoms. The van der Waals surface area contributed by atoms with Crippen LogP contribution in [0.3, 0.4) is 0 Å². The van der Waals surface area contributed by atoms with Crippen molar-refractivity contribution in [2.45, 2.75) is 56.0 Å². The molecule has 0 unspecified atom stereocenters. The van der Waals surface area contributed by atoms with Gasteiger partial charge in [-0.1, -0.05) is 46.6 Å². The minimum Gasteiger partial charge on any atom is -0.476 e. The number of ether oxygens (including phenoxy) is 2. The van der Waals surface area contributed by atoms with Crippen LogP contribution < -0.4 is 15.4 Å². The lowest BCUT2D eigenvalue weighted by Gasteiger charge is -2.46. The van der Waals surface area contributed by atoms with Gasteiger partial charge in [-0.3, -0.25) is 9.59 Å². The van der Waals surface area contributed by atoms with Crippen LogP contribution in [-0.2, 0) is 14.3 Å². The Kier molecular flexibility index (Phi) is 11.7. The topological polar surface area (TPSA) is 226 Å².